The number of benzene rings is 2. The molecular formula is C23H28Cl2N2O3. The van der Waals surface area contributed by atoms with Crippen molar-refractivity contribution in [3.05, 3.63) is 59.1 Å². The summed E-state index contributed by atoms with van der Waals surface area (Å²) in [6, 6.07) is 15.4. The molecule has 2 rings (SSSR count). The Balaban J connectivity index is 1.86. The Hall–Kier alpha value is -2.37. The molecule has 7 heteroatoms. The molecule has 1 N–H and O–H groups in total. The molecule has 0 saturated heterocycles. The molecule has 0 amide bonds. The topological polar surface area (TPSA) is 52.1 Å². The minimum atomic E-state index is -0.312. The molecule has 0 saturated carbocycles. The van der Waals surface area contributed by atoms with E-state index in [4.69, 9.17) is 37.5 Å². The van der Waals surface area contributed by atoms with Gasteiger partial charge in [-0.05, 0) is 81.8 Å². The highest BCUT2D eigenvalue weighted by Crippen LogP contribution is 2.22. The predicted octanol–water partition coefficient (Wildman–Crippen LogP) is 7.09. The molecule has 0 radical (unpaired) electrons. The van der Waals surface area contributed by atoms with Crippen molar-refractivity contribution in [1.29, 1.82) is 0 Å². The van der Waals surface area contributed by atoms with E-state index in [1.54, 1.807) is 6.08 Å². The van der Waals surface area contributed by atoms with Crippen molar-refractivity contribution in [3.8, 4) is 11.5 Å². The van der Waals surface area contributed by atoms with Crippen LogP contribution in [0.15, 0.2) is 64.3 Å². The minimum Gasteiger partial charge on any atom is -0.489 e. The summed E-state index contributed by atoms with van der Waals surface area (Å²) < 4.78 is 11.5. The molecule has 0 bridgehead atoms. The number of nitrogens with one attached hydrogen (secondary N) is 1. The van der Waals surface area contributed by atoms with E-state index in [2.05, 4.69) is 10.5 Å². The molecule has 0 unspecified atom stereocenters. The van der Waals surface area contributed by atoms with Crippen LogP contribution in [0.25, 0.3) is 0 Å². The highest BCUT2D eigenvalue weighted by Gasteiger charge is 2.11. The van der Waals surface area contributed by atoms with Gasteiger partial charge >= 0.3 is 0 Å². The third-order valence-electron chi connectivity index (χ3n) is 3.75. The number of hydrogen-bond donors (Lipinski definition) is 1. The van der Waals surface area contributed by atoms with Gasteiger partial charge in [0.15, 0.2) is 0 Å². The summed E-state index contributed by atoms with van der Waals surface area (Å²) in [4.78, 5) is 5.47. The lowest BCUT2D eigenvalue weighted by Crippen LogP contribution is -2.19. The van der Waals surface area contributed by atoms with Crippen LogP contribution in [0.2, 0.25) is 0 Å². The summed E-state index contributed by atoms with van der Waals surface area (Å²) in [5, 5.41) is 7.53. The van der Waals surface area contributed by atoms with Crippen molar-refractivity contribution in [1.82, 2.24) is 0 Å². The first-order chi connectivity index (χ1) is 14.2. The van der Waals surface area contributed by atoms with Crippen LogP contribution < -0.4 is 14.8 Å². The zero-order valence-electron chi connectivity index (χ0n) is 17.7. The monoisotopic (exact) mass is 450 g/mol. The Kier molecular flexibility index (Phi) is 9.34. The normalized spacial score (nSPS) is 11.6. The fourth-order valence-corrected chi connectivity index (χ4v) is 2.32. The second kappa shape index (κ2) is 11.7. The molecule has 2 aromatic rings. The highest BCUT2D eigenvalue weighted by atomic mass is 35.5. The van der Waals surface area contributed by atoms with Crippen LogP contribution in [-0.4, -0.2) is 24.5 Å². The van der Waals surface area contributed by atoms with Gasteiger partial charge in [-0.1, -0.05) is 35.3 Å². The fourth-order valence-electron chi connectivity index (χ4n) is 2.20. The van der Waals surface area contributed by atoms with Crippen LogP contribution in [0.5, 0.6) is 11.5 Å². The van der Waals surface area contributed by atoms with Crippen molar-refractivity contribution in [2.24, 2.45) is 5.16 Å². The maximum Gasteiger partial charge on any atom is 0.130 e. The Morgan fingerprint density at radius 2 is 1.47 bits per heavy atom. The lowest BCUT2D eigenvalue weighted by molar-refractivity contribution is -0.000142. The van der Waals surface area contributed by atoms with Gasteiger partial charge < -0.3 is 19.6 Å². The first-order valence-corrected chi connectivity index (χ1v) is 10.5. The lowest BCUT2D eigenvalue weighted by Gasteiger charge is -2.17. The third-order valence-corrected chi connectivity index (χ3v) is 4.06. The molecule has 0 fully saturated rings. The minimum absolute atomic E-state index is 0.192. The van der Waals surface area contributed by atoms with Gasteiger partial charge in [0.1, 0.15) is 34.8 Å². The standard InChI is InChI=1S/C23H28Cl2N2O3/c1-5-17(27-30-23(2,3)4)16-29-21-12-8-19(9-13-21)26-18-6-10-20(11-7-18)28-15-14-22(24)25/h6-14,26H,5,15-16H2,1-4H3. The summed E-state index contributed by atoms with van der Waals surface area (Å²) >= 11 is 11.1. The van der Waals surface area contributed by atoms with Gasteiger partial charge in [0.2, 0.25) is 0 Å². The van der Waals surface area contributed by atoms with Crippen molar-refractivity contribution in [2.75, 3.05) is 18.5 Å². The van der Waals surface area contributed by atoms with Gasteiger partial charge in [-0.25, -0.2) is 0 Å². The molecule has 2 aromatic carbocycles. The number of rotatable bonds is 10. The molecule has 0 aliphatic heterocycles. The SMILES string of the molecule is CCC(COc1ccc(Nc2ccc(OCC=C(Cl)Cl)cc2)cc1)=NOC(C)(C)C. The number of hydrogen-bond acceptors (Lipinski definition) is 5. The van der Waals surface area contributed by atoms with Gasteiger partial charge in [-0.15, -0.1) is 0 Å². The van der Waals surface area contributed by atoms with Crippen LogP contribution in [0.4, 0.5) is 11.4 Å². The molecule has 0 heterocycles. The van der Waals surface area contributed by atoms with Gasteiger partial charge in [0.25, 0.3) is 0 Å². The fraction of sp³-hybridized carbons (Fsp3) is 0.348. The Labute approximate surface area is 188 Å². The first kappa shape index (κ1) is 23.9. The quantitative estimate of drug-likeness (QED) is 0.310. The molecular weight excluding hydrogens is 423 g/mol. The number of halogens is 2. The third kappa shape index (κ3) is 9.42. The summed E-state index contributed by atoms with van der Waals surface area (Å²) in [5.74, 6) is 1.51. The number of anilines is 2. The maximum atomic E-state index is 5.82. The second-order valence-electron chi connectivity index (χ2n) is 7.48. The van der Waals surface area contributed by atoms with Gasteiger partial charge in [-0.2, -0.15) is 0 Å². The van der Waals surface area contributed by atoms with E-state index < -0.39 is 0 Å². The molecule has 0 aliphatic rings. The molecule has 0 spiro atoms. The Morgan fingerprint density at radius 1 is 0.933 bits per heavy atom. The molecule has 0 aliphatic carbocycles. The predicted molar refractivity (Wildman–Crippen MR) is 126 cm³/mol. The smallest absolute Gasteiger partial charge is 0.130 e. The van der Waals surface area contributed by atoms with Crippen LogP contribution in [0.3, 0.4) is 0 Å². The van der Waals surface area contributed by atoms with E-state index in [-0.39, 0.29) is 10.1 Å². The van der Waals surface area contributed by atoms with E-state index in [9.17, 15) is 0 Å². The van der Waals surface area contributed by atoms with E-state index >= 15 is 0 Å². The second-order valence-corrected chi connectivity index (χ2v) is 8.49. The lowest BCUT2D eigenvalue weighted by atomic mass is 10.2. The Bertz CT molecular complexity index is 838. The summed E-state index contributed by atoms with van der Waals surface area (Å²) in [5.41, 5.74) is 2.45. The zero-order valence-corrected chi connectivity index (χ0v) is 19.3. The zero-order chi connectivity index (χ0) is 22.0. The molecule has 30 heavy (non-hydrogen) atoms. The van der Waals surface area contributed by atoms with Crippen LogP contribution in [-0.2, 0) is 4.84 Å². The number of ether oxygens (including phenoxy) is 2. The van der Waals surface area contributed by atoms with Crippen molar-refractivity contribution in [3.63, 3.8) is 0 Å². The summed E-state index contributed by atoms with van der Waals surface area (Å²) in [6.07, 6.45) is 2.36. The summed E-state index contributed by atoms with van der Waals surface area (Å²) in [7, 11) is 0. The molecule has 0 aromatic heterocycles. The van der Waals surface area contributed by atoms with Crippen molar-refractivity contribution in [2.45, 2.75) is 39.7 Å². The molecule has 162 valence electrons. The average molecular weight is 451 g/mol. The van der Waals surface area contributed by atoms with Gasteiger partial charge in [0.05, 0.1) is 5.71 Å². The summed E-state index contributed by atoms with van der Waals surface area (Å²) in [6.45, 7) is 8.64. The molecule has 5 nitrogen and oxygen atoms in total. The van der Waals surface area contributed by atoms with E-state index in [0.717, 1.165) is 35.0 Å². The van der Waals surface area contributed by atoms with Gasteiger partial charge in [-0.3, -0.25) is 0 Å². The molecule has 0 atom stereocenters. The van der Waals surface area contributed by atoms with E-state index in [1.165, 1.54) is 0 Å². The maximum absolute atomic E-state index is 5.82. The van der Waals surface area contributed by atoms with E-state index in [1.807, 2.05) is 76.2 Å². The number of nitrogens with zero attached hydrogens (tertiary/aromatic N) is 1. The Morgan fingerprint density at radius 3 is 1.93 bits per heavy atom. The van der Waals surface area contributed by atoms with Crippen molar-refractivity contribution >= 4 is 40.3 Å². The van der Waals surface area contributed by atoms with Crippen LogP contribution in [0.1, 0.15) is 34.1 Å². The highest BCUT2D eigenvalue weighted by molar-refractivity contribution is 6.55. The van der Waals surface area contributed by atoms with Crippen LogP contribution in [0, 0.1) is 0 Å². The average Bonchev–Trinajstić information content (AvgIpc) is 2.69. The van der Waals surface area contributed by atoms with Crippen molar-refractivity contribution < 1.29 is 14.3 Å². The first-order valence-electron chi connectivity index (χ1n) is 9.73. The van der Waals surface area contributed by atoms with Gasteiger partial charge in [0, 0.05) is 11.4 Å². The number of oxime groups is 1. The largest absolute Gasteiger partial charge is 0.489 e. The van der Waals surface area contributed by atoms with Crippen LogP contribution >= 0.6 is 23.2 Å². The van der Waals surface area contributed by atoms with E-state index in [0.29, 0.717) is 13.2 Å².